The van der Waals surface area contributed by atoms with Crippen LogP contribution >= 0.6 is 11.6 Å². The van der Waals surface area contributed by atoms with Crippen LogP contribution in [0.2, 0.25) is 5.28 Å². The number of hydrogen-bond acceptors (Lipinski definition) is 6. The first-order valence-corrected chi connectivity index (χ1v) is 6.39. The first kappa shape index (κ1) is 13.3. The monoisotopic (exact) mass is 270 g/mol. The van der Waals surface area contributed by atoms with Crippen LogP contribution in [0.3, 0.4) is 0 Å². The lowest BCUT2D eigenvalue weighted by Gasteiger charge is -2.37. The van der Waals surface area contributed by atoms with E-state index in [9.17, 15) is 0 Å². The van der Waals surface area contributed by atoms with Crippen molar-refractivity contribution in [3.05, 3.63) is 5.28 Å². The summed E-state index contributed by atoms with van der Waals surface area (Å²) < 4.78 is 0. The molecule has 7 heteroatoms. The molecule has 100 valence electrons. The third-order valence-corrected chi connectivity index (χ3v) is 3.40. The fraction of sp³-hybridized carbons (Fsp3) is 0.727. The van der Waals surface area contributed by atoms with Crippen molar-refractivity contribution >= 4 is 23.5 Å². The van der Waals surface area contributed by atoms with Crippen molar-refractivity contribution in [2.45, 2.75) is 13.0 Å². The van der Waals surface area contributed by atoms with Crippen LogP contribution in [-0.4, -0.2) is 66.7 Å². The summed E-state index contributed by atoms with van der Waals surface area (Å²) in [4.78, 5) is 19.1. The minimum atomic E-state index is 0.246. The SMILES string of the molecule is CC1CN(c2nc(Cl)nc(N(C)C)n2)CCN1C. The summed E-state index contributed by atoms with van der Waals surface area (Å²) >= 11 is 5.95. The molecular weight excluding hydrogens is 252 g/mol. The molecule has 18 heavy (non-hydrogen) atoms. The van der Waals surface area contributed by atoms with Crippen molar-refractivity contribution in [2.75, 3.05) is 50.6 Å². The van der Waals surface area contributed by atoms with Crippen LogP contribution in [0.25, 0.3) is 0 Å². The summed E-state index contributed by atoms with van der Waals surface area (Å²) in [5.41, 5.74) is 0. The van der Waals surface area contributed by atoms with Gasteiger partial charge >= 0.3 is 0 Å². The molecule has 1 fully saturated rings. The van der Waals surface area contributed by atoms with Crippen molar-refractivity contribution < 1.29 is 0 Å². The molecule has 2 heterocycles. The van der Waals surface area contributed by atoms with Crippen LogP contribution in [0.1, 0.15) is 6.92 Å². The molecule has 0 amide bonds. The number of piperazine rings is 1. The maximum Gasteiger partial charge on any atom is 0.231 e. The van der Waals surface area contributed by atoms with E-state index in [2.05, 4.69) is 38.7 Å². The first-order chi connectivity index (χ1) is 8.47. The Bertz CT molecular complexity index is 424. The molecule has 1 saturated heterocycles. The highest BCUT2D eigenvalue weighted by atomic mass is 35.5. The quantitative estimate of drug-likeness (QED) is 0.790. The normalized spacial score (nSPS) is 21.2. The fourth-order valence-electron chi connectivity index (χ4n) is 1.90. The van der Waals surface area contributed by atoms with Gasteiger partial charge in [-0.2, -0.15) is 15.0 Å². The Kier molecular flexibility index (Phi) is 3.87. The van der Waals surface area contributed by atoms with Crippen molar-refractivity contribution in [1.82, 2.24) is 19.9 Å². The van der Waals surface area contributed by atoms with E-state index in [4.69, 9.17) is 11.6 Å². The van der Waals surface area contributed by atoms with E-state index in [1.165, 1.54) is 0 Å². The number of aromatic nitrogens is 3. The number of halogens is 1. The molecule has 0 saturated carbocycles. The number of anilines is 2. The minimum Gasteiger partial charge on any atom is -0.347 e. The summed E-state index contributed by atoms with van der Waals surface area (Å²) in [6, 6.07) is 0.483. The highest BCUT2D eigenvalue weighted by Crippen LogP contribution is 2.18. The number of nitrogens with zero attached hydrogens (tertiary/aromatic N) is 6. The van der Waals surface area contributed by atoms with Gasteiger partial charge in [-0.25, -0.2) is 0 Å². The van der Waals surface area contributed by atoms with E-state index < -0.39 is 0 Å². The van der Waals surface area contributed by atoms with Gasteiger partial charge in [0.15, 0.2) is 0 Å². The van der Waals surface area contributed by atoms with E-state index in [0.717, 1.165) is 19.6 Å². The Morgan fingerprint density at radius 2 is 1.94 bits per heavy atom. The van der Waals surface area contributed by atoms with Gasteiger partial charge in [-0.15, -0.1) is 0 Å². The van der Waals surface area contributed by atoms with Crippen LogP contribution in [-0.2, 0) is 0 Å². The Hall–Kier alpha value is -1.14. The van der Waals surface area contributed by atoms with E-state index >= 15 is 0 Å². The third-order valence-electron chi connectivity index (χ3n) is 3.23. The van der Waals surface area contributed by atoms with Gasteiger partial charge in [0.2, 0.25) is 17.2 Å². The molecular formula is C11H19ClN6. The van der Waals surface area contributed by atoms with Gasteiger partial charge in [-0.05, 0) is 25.6 Å². The summed E-state index contributed by atoms with van der Waals surface area (Å²) in [6.45, 7) is 5.02. The van der Waals surface area contributed by atoms with Gasteiger partial charge in [0.1, 0.15) is 0 Å². The molecule has 0 bridgehead atoms. The zero-order valence-corrected chi connectivity index (χ0v) is 12.0. The molecule has 1 aromatic rings. The van der Waals surface area contributed by atoms with Gasteiger partial charge in [-0.3, -0.25) is 0 Å². The molecule has 1 aliphatic rings. The molecule has 0 radical (unpaired) electrons. The largest absolute Gasteiger partial charge is 0.347 e. The molecule has 1 unspecified atom stereocenters. The third kappa shape index (κ3) is 2.81. The predicted octanol–water partition coefficient (Wildman–Crippen LogP) is 0.731. The first-order valence-electron chi connectivity index (χ1n) is 6.01. The van der Waals surface area contributed by atoms with E-state index in [1.54, 1.807) is 0 Å². The average molecular weight is 271 g/mol. The second-order valence-corrected chi connectivity index (χ2v) is 5.21. The van der Waals surface area contributed by atoms with Gasteiger partial charge in [0.25, 0.3) is 0 Å². The lowest BCUT2D eigenvalue weighted by molar-refractivity contribution is 0.232. The zero-order valence-electron chi connectivity index (χ0n) is 11.3. The van der Waals surface area contributed by atoms with E-state index in [0.29, 0.717) is 17.9 Å². The maximum atomic E-state index is 5.95. The zero-order chi connectivity index (χ0) is 13.3. The Morgan fingerprint density at radius 1 is 1.22 bits per heavy atom. The summed E-state index contributed by atoms with van der Waals surface area (Å²) in [6.07, 6.45) is 0. The van der Waals surface area contributed by atoms with Crippen LogP contribution in [0.5, 0.6) is 0 Å². The second-order valence-electron chi connectivity index (χ2n) is 4.87. The maximum absolute atomic E-state index is 5.95. The van der Waals surface area contributed by atoms with Crippen LogP contribution in [0.4, 0.5) is 11.9 Å². The number of likely N-dealkylation sites (N-methyl/N-ethyl adjacent to an activating group) is 1. The van der Waals surface area contributed by atoms with Crippen molar-refractivity contribution in [3.8, 4) is 0 Å². The molecule has 2 rings (SSSR count). The summed E-state index contributed by atoms with van der Waals surface area (Å²) in [5, 5.41) is 0.246. The predicted molar refractivity (Wildman–Crippen MR) is 73.5 cm³/mol. The van der Waals surface area contributed by atoms with Gasteiger partial charge in [0, 0.05) is 39.8 Å². The summed E-state index contributed by atoms with van der Waals surface area (Å²) in [5.74, 6) is 1.26. The molecule has 0 spiro atoms. The lowest BCUT2D eigenvalue weighted by atomic mass is 10.2. The van der Waals surface area contributed by atoms with Crippen molar-refractivity contribution in [1.29, 1.82) is 0 Å². The molecule has 0 N–H and O–H groups in total. The highest BCUT2D eigenvalue weighted by Gasteiger charge is 2.23. The van der Waals surface area contributed by atoms with Gasteiger partial charge in [0.05, 0.1) is 0 Å². The van der Waals surface area contributed by atoms with Crippen LogP contribution in [0, 0.1) is 0 Å². The van der Waals surface area contributed by atoms with Crippen molar-refractivity contribution in [3.63, 3.8) is 0 Å². The van der Waals surface area contributed by atoms with E-state index in [1.807, 2.05) is 19.0 Å². The van der Waals surface area contributed by atoms with Gasteiger partial charge in [-0.1, -0.05) is 0 Å². The van der Waals surface area contributed by atoms with Gasteiger partial charge < -0.3 is 14.7 Å². The highest BCUT2D eigenvalue weighted by molar-refractivity contribution is 6.28. The molecule has 0 aromatic carbocycles. The van der Waals surface area contributed by atoms with Crippen LogP contribution in [0.15, 0.2) is 0 Å². The Morgan fingerprint density at radius 3 is 2.56 bits per heavy atom. The van der Waals surface area contributed by atoms with Crippen LogP contribution < -0.4 is 9.80 Å². The molecule has 1 aromatic heterocycles. The number of hydrogen-bond donors (Lipinski definition) is 0. The molecule has 1 atom stereocenters. The lowest BCUT2D eigenvalue weighted by Crippen LogP contribution is -2.50. The van der Waals surface area contributed by atoms with E-state index in [-0.39, 0.29) is 5.28 Å². The number of rotatable bonds is 2. The fourth-order valence-corrected chi connectivity index (χ4v) is 2.05. The Balaban J connectivity index is 2.23. The van der Waals surface area contributed by atoms with Crippen molar-refractivity contribution in [2.24, 2.45) is 0 Å². The molecule has 6 nitrogen and oxygen atoms in total. The topological polar surface area (TPSA) is 48.4 Å². The smallest absolute Gasteiger partial charge is 0.231 e. The standard InChI is InChI=1S/C11H19ClN6/c1-8-7-18(6-5-17(8)4)11-14-9(12)13-10(15-11)16(2)3/h8H,5-7H2,1-4H3. The second kappa shape index (κ2) is 5.24. The summed E-state index contributed by atoms with van der Waals surface area (Å²) in [7, 11) is 5.91. The molecule has 1 aliphatic heterocycles. The minimum absolute atomic E-state index is 0.246. The average Bonchev–Trinajstić information content (AvgIpc) is 2.31. The molecule has 0 aliphatic carbocycles. The Labute approximate surface area is 113 Å².